The molecule has 0 amide bonds. The maximum atomic E-state index is 5.72. The van der Waals surface area contributed by atoms with Crippen molar-refractivity contribution in [1.82, 2.24) is 0 Å². The van der Waals surface area contributed by atoms with Gasteiger partial charge in [0.25, 0.3) is 0 Å². The van der Waals surface area contributed by atoms with E-state index >= 15 is 0 Å². The molecule has 110 valence electrons. The predicted molar refractivity (Wildman–Crippen MR) is 78.8 cm³/mol. The zero-order chi connectivity index (χ0) is 14.3. The third kappa shape index (κ3) is 3.71. The summed E-state index contributed by atoms with van der Waals surface area (Å²) in [6.07, 6.45) is 0. The average molecular weight is 258 g/mol. The summed E-state index contributed by atoms with van der Waals surface area (Å²) < 4.78 is 11.2. The van der Waals surface area contributed by atoms with Gasteiger partial charge in [0.05, 0.1) is 13.2 Å². The van der Waals surface area contributed by atoms with Gasteiger partial charge >= 0.3 is 0 Å². The molecule has 0 spiro atoms. The fourth-order valence-corrected chi connectivity index (χ4v) is 4.21. The minimum absolute atomic E-state index is 0.269. The summed E-state index contributed by atoms with van der Waals surface area (Å²) in [6.45, 7) is 18.5. The molecule has 2 heteroatoms. The molecular weight excluding hydrogens is 224 g/mol. The van der Waals surface area contributed by atoms with Gasteiger partial charge in [-0.05, 0) is 30.1 Å². The van der Waals surface area contributed by atoms with Crippen LogP contribution >= 0.6 is 0 Å². The van der Waals surface area contributed by atoms with Crippen LogP contribution in [0.5, 0.6) is 0 Å². The molecule has 0 N–H and O–H groups in total. The summed E-state index contributed by atoms with van der Waals surface area (Å²) in [4.78, 5) is 0. The number of hydrogen-bond acceptors (Lipinski definition) is 2. The van der Waals surface area contributed by atoms with E-state index < -0.39 is 0 Å². The van der Waals surface area contributed by atoms with Crippen LogP contribution in [0.4, 0.5) is 0 Å². The van der Waals surface area contributed by atoms with Crippen molar-refractivity contribution in [2.24, 2.45) is 29.1 Å². The van der Waals surface area contributed by atoms with Crippen molar-refractivity contribution in [3.05, 3.63) is 0 Å². The number of methoxy groups -OCH3 is 1. The lowest BCUT2D eigenvalue weighted by Gasteiger charge is -2.50. The van der Waals surface area contributed by atoms with Crippen molar-refractivity contribution in [2.75, 3.05) is 26.9 Å². The molecule has 1 unspecified atom stereocenters. The molecule has 0 saturated heterocycles. The smallest absolute Gasteiger partial charge is 0.0521 e. The quantitative estimate of drug-likeness (QED) is 0.616. The zero-order valence-electron chi connectivity index (χ0n) is 13.7. The van der Waals surface area contributed by atoms with Gasteiger partial charge in [-0.2, -0.15) is 0 Å². The second-order valence-corrected chi connectivity index (χ2v) is 6.28. The SMILES string of the molecule is CCOCC(COC)C(C(C)C)(C(C)C)C(C)C. The Labute approximate surface area is 114 Å². The first-order valence-electron chi connectivity index (χ1n) is 7.42. The van der Waals surface area contributed by atoms with Gasteiger partial charge in [-0.25, -0.2) is 0 Å². The Morgan fingerprint density at radius 1 is 0.833 bits per heavy atom. The Kier molecular flexibility index (Phi) is 8.13. The summed E-state index contributed by atoms with van der Waals surface area (Å²) >= 11 is 0. The first kappa shape index (κ1) is 17.9. The summed E-state index contributed by atoms with van der Waals surface area (Å²) in [7, 11) is 1.80. The number of rotatable bonds is 9. The molecule has 0 bridgehead atoms. The van der Waals surface area contributed by atoms with Crippen molar-refractivity contribution in [2.45, 2.75) is 48.5 Å². The van der Waals surface area contributed by atoms with Crippen molar-refractivity contribution in [1.29, 1.82) is 0 Å². The minimum Gasteiger partial charge on any atom is -0.384 e. The first-order chi connectivity index (χ1) is 8.35. The third-order valence-corrected chi connectivity index (χ3v) is 4.60. The standard InChI is InChI=1S/C16H34O2/c1-9-18-11-15(10-17-8)16(12(2)3,13(4)5)14(6)7/h12-15H,9-11H2,1-8H3. The van der Waals surface area contributed by atoms with E-state index in [4.69, 9.17) is 9.47 Å². The lowest BCUT2D eigenvalue weighted by atomic mass is 9.56. The van der Waals surface area contributed by atoms with Crippen molar-refractivity contribution >= 4 is 0 Å². The molecule has 1 atom stereocenters. The van der Waals surface area contributed by atoms with Gasteiger partial charge in [0.15, 0.2) is 0 Å². The highest BCUT2D eigenvalue weighted by molar-refractivity contribution is 4.94. The highest BCUT2D eigenvalue weighted by Gasteiger charge is 2.46. The lowest BCUT2D eigenvalue weighted by Crippen LogP contribution is -2.48. The number of hydrogen-bond donors (Lipinski definition) is 0. The topological polar surface area (TPSA) is 18.5 Å². The van der Waals surface area contributed by atoms with Crippen LogP contribution in [0.15, 0.2) is 0 Å². The largest absolute Gasteiger partial charge is 0.384 e. The zero-order valence-corrected chi connectivity index (χ0v) is 13.7. The van der Waals surface area contributed by atoms with E-state index in [1.807, 2.05) is 0 Å². The highest BCUT2D eigenvalue weighted by atomic mass is 16.5. The molecule has 0 aliphatic rings. The Morgan fingerprint density at radius 3 is 1.56 bits per heavy atom. The van der Waals surface area contributed by atoms with Crippen molar-refractivity contribution in [3.8, 4) is 0 Å². The molecular formula is C16H34O2. The van der Waals surface area contributed by atoms with E-state index in [0.29, 0.717) is 23.7 Å². The Morgan fingerprint density at radius 2 is 1.28 bits per heavy atom. The van der Waals surface area contributed by atoms with Crippen LogP contribution in [0.25, 0.3) is 0 Å². The van der Waals surface area contributed by atoms with Crippen LogP contribution in [-0.2, 0) is 9.47 Å². The Hall–Kier alpha value is -0.0800. The Balaban J connectivity index is 5.31. The average Bonchev–Trinajstić information content (AvgIpc) is 2.24. The second kappa shape index (κ2) is 8.16. The molecule has 0 aliphatic heterocycles. The fourth-order valence-electron chi connectivity index (χ4n) is 4.21. The van der Waals surface area contributed by atoms with Crippen molar-refractivity contribution < 1.29 is 9.47 Å². The van der Waals surface area contributed by atoms with Gasteiger partial charge in [-0.1, -0.05) is 41.5 Å². The van der Waals surface area contributed by atoms with E-state index in [1.54, 1.807) is 7.11 Å². The molecule has 0 aromatic carbocycles. The van der Waals surface area contributed by atoms with E-state index in [1.165, 1.54) is 0 Å². The van der Waals surface area contributed by atoms with Crippen LogP contribution in [0.3, 0.4) is 0 Å². The van der Waals surface area contributed by atoms with E-state index in [-0.39, 0.29) is 5.41 Å². The molecule has 0 saturated carbocycles. The second-order valence-electron chi connectivity index (χ2n) is 6.28. The van der Waals surface area contributed by atoms with Crippen LogP contribution < -0.4 is 0 Å². The first-order valence-corrected chi connectivity index (χ1v) is 7.42. The lowest BCUT2D eigenvalue weighted by molar-refractivity contribution is -0.0849. The van der Waals surface area contributed by atoms with Gasteiger partial charge in [0.2, 0.25) is 0 Å². The Bertz CT molecular complexity index is 187. The molecule has 0 rings (SSSR count). The van der Waals surface area contributed by atoms with Gasteiger partial charge in [-0.15, -0.1) is 0 Å². The van der Waals surface area contributed by atoms with Crippen LogP contribution in [0.2, 0.25) is 0 Å². The van der Waals surface area contributed by atoms with E-state index in [9.17, 15) is 0 Å². The van der Waals surface area contributed by atoms with Crippen LogP contribution in [0.1, 0.15) is 48.5 Å². The monoisotopic (exact) mass is 258 g/mol. The summed E-state index contributed by atoms with van der Waals surface area (Å²) in [5.74, 6) is 2.33. The van der Waals surface area contributed by atoms with Gasteiger partial charge < -0.3 is 9.47 Å². The maximum Gasteiger partial charge on any atom is 0.0521 e. The molecule has 0 heterocycles. The van der Waals surface area contributed by atoms with Crippen LogP contribution in [0, 0.1) is 29.1 Å². The molecule has 0 fully saturated rings. The molecule has 18 heavy (non-hydrogen) atoms. The normalized spacial score (nSPS) is 14.8. The molecule has 0 aromatic rings. The summed E-state index contributed by atoms with van der Waals surface area (Å²) in [5, 5.41) is 0. The summed E-state index contributed by atoms with van der Waals surface area (Å²) in [6, 6.07) is 0. The minimum atomic E-state index is 0.269. The van der Waals surface area contributed by atoms with Gasteiger partial charge in [-0.3, -0.25) is 0 Å². The van der Waals surface area contributed by atoms with Gasteiger partial charge in [0, 0.05) is 19.6 Å². The third-order valence-electron chi connectivity index (χ3n) is 4.60. The predicted octanol–water partition coefficient (Wildman–Crippen LogP) is 4.24. The van der Waals surface area contributed by atoms with Gasteiger partial charge in [0.1, 0.15) is 0 Å². The van der Waals surface area contributed by atoms with Crippen LogP contribution in [-0.4, -0.2) is 26.9 Å². The van der Waals surface area contributed by atoms with E-state index in [2.05, 4.69) is 48.5 Å². The molecule has 0 radical (unpaired) electrons. The van der Waals surface area contributed by atoms with E-state index in [0.717, 1.165) is 19.8 Å². The highest BCUT2D eigenvalue weighted by Crippen LogP contribution is 2.49. The summed E-state index contributed by atoms with van der Waals surface area (Å²) in [5.41, 5.74) is 0.269. The number of ether oxygens (including phenoxy) is 2. The van der Waals surface area contributed by atoms with Crippen molar-refractivity contribution in [3.63, 3.8) is 0 Å². The molecule has 0 aromatic heterocycles. The molecule has 2 nitrogen and oxygen atoms in total. The molecule has 0 aliphatic carbocycles. The maximum absolute atomic E-state index is 5.72. The fraction of sp³-hybridized carbons (Fsp3) is 1.00.